The molecule has 2 aromatic carbocycles. The Bertz CT molecular complexity index is 1090. The zero-order chi connectivity index (χ0) is 21.8. The number of sulfonamides is 1. The molecule has 0 bridgehead atoms. The van der Waals surface area contributed by atoms with Gasteiger partial charge in [-0.25, -0.2) is 21.6 Å². The van der Waals surface area contributed by atoms with Gasteiger partial charge in [-0.05, 0) is 54.5 Å². The molecule has 1 N–H and O–H groups in total. The van der Waals surface area contributed by atoms with Crippen LogP contribution in [0.3, 0.4) is 0 Å². The molecule has 162 valence electrons. The van der Waals surface area contributed by atoms with Gasteiger partial charge in [-0.3, -0.25) is 0 Å². The van der Waals surface area contributed by atoms with Crippen LogP contribution in [-0.4, -0.2) is 22.6 Å². The highest BCUT2D eigenvalue weighted by Crippen LogP contribution is 2.29. The Morgan fingerprint density at radius 3 is 2.17 bits per heavy atom. The molecule has 0 radical (unpaired) electrons. The van der Waals surface area contributed by atoms with Crippen LogP contribution >= 0.6 is 0 Å². The van der Waals surface area contributed by atoms with Crippen LogP contribution in [0.15, 0.2) is 76.0 Å². The first-order valence-corrected chi connectivity index (χ1v) is 13.4. The van der Waals surface area contributed by atoms with Crippen molar-refractivity contribution in [1.29, 1.82) is 0 Å². The zero-order valence-electron chi connectivity index (χ0n) is 17.4. The molecule has 0 amide bonds. The molecule has 30 heavy (non-hydrogen) atoms. The van der Waals surface area contributed by atoms with Crippen molar-refractivity contribution in [3.63, 3.8) is 0 Å². The Kier molecular flexibility index (Phi) is 7.16. The van der Waals surface area contributed by atoms with Gasteiger partial charge in [-0.2, -0.15) is 0 Å². The average Bonchev–Trinajstić information content (AvgIpc) is 2.87. The lowest BCUT2D eigenvalue weighted by atomic mass is 9.99. The van der Waals surface area contributed by atoms with Crippen LogP contribution in [0.4, 0.5) is 0 Å². The van der Waals surface area contributed by atoms with Crippen LogP contribution in [-0.2, 0) is 26.4 Å². The first-order chi connectivity index (χ1) is 14.2. The molecule has 1 aliphatic carbocycles. The number of hydrogen-bond donors (Lipinski definition) is 1. The highest BCUT2D eigenvalue weighted by Gasteiger charge is 2.23. The van der Waals surface area contributed by atoms with Gasteiger partial charge < -0.3 is 0 Å². The minimum Gasteiger partial charge on any atom is -0.223 e. The third-order valence-corrected chi connectivity index (χ3v) is 8.71. The van der Waals surface area contributed by atoms with Crippen LogP contribution in [0, 0.1) is 11.8 Å². The first-order valence-electron chi connectivity index (χ1n) is 10.2. The molecule has 0 heterocycles. The van der Waals surface area contributed by atoms with E-state index in [4.69, 9.17) is 0 Å². The number of rotatable bonds is 7. The summed E-state index contributed by atoms with van der Waals surface area (Å²) in [5, 5.41) is 0. The predicted octanol–water partition coefficient (Wildman–Crippen LogP) is 4.32. The van der Waals surface area contributed by atoms with Gasteiger partial charge in [0.1, 0.15) is 0 Å². The van der Waals surface area contributed by atoms with E-state index in [1.807, 2.05) is 30.3 Å². The van der Waals surface area contributed by atoms with E-state index in [9.17, 15) is 16.8 Å². The van der Waals surface area contributed by atoms with Crippen molar-refractivity contribution >= 4 is 19.9 Å². The molecule has 1 aliphatic rings. The summed E-state index contributed by atoms with van der Waals surface area (Å²) in [5.41, 5.74) is 1.81. The van der Waals surface area contributed by atoms with Gasteiger partial charge in [0, 0.05) is 6.54 Å². The molecule has 0 aromatic heterocycles. The van der Waals surface area contributed by atoms with Gasteiger partial charge in [-0.15, -0.1) is 0 Å². The van der Waals surface area contributed by atoms with Gasteiger partial charge in [0.2, 0.25) is 10.0 Å². The second-order valence-corrected chi connectivity index (χ2v) is 11.8. The van der Waals surface area contributed by atoms with E-state index in [0.717, 1.165) is 30.4 Å². The smallest absolute Gasteiger partial charge is 0.223 e. The second kappa shape index (κ2) is 9.45. The summed E-state index contributed by atoms with van der Waals surface area (Å²) in [6, 6.07) is 14.7. The van der Waals surface area contributed by atoms with Crippen molar-refractivity contribution in [3.05, 3.63) is 71.8 Å². The van der Waals surface area contributed by atoms with E-state index in [1.54, 1.807) is 0 Å². The molecule has 0 saturated carbocycles. The zero-order valence-corrected chi connectivity index (χ0v) is 19.0. The van der Waals surface area contributed by atoms with Gasteiger partial charge in [0.15, 0.2) is 9.84 Å². The molecule has 2 unspecified atom stereocenters. The molecule has 0 aliphatic heterocycles. The number of allylic oxidation sites excluding steroid dienone is 1. The van der Waals surface area contributed by atoms with Gasteiger partial charge in [0.05, 0.1) is 15.5 Å². The van der Waals surface area contributed by atoms with Crippen LogP contribution in [0.1, 0.15) is 38.7 Å². The number of hydrogen-bond acceptors (Lipinski definition) is 4. The SMILES string of the molecule is CC1C=C(CS(=O)(=O)c2ccc(S(=O)(=O)NCc3ccccc3)cc2)C(C)CCC1. The Labute approximate surface area is 180 Å². The van der Waals surface area contributed by atoms with Gasteiger partial charge in [0.25, 0.3) is 0 Å². The van der Waals surface area contributed by atoms with Crippen molar-refractivity contribution in [2.45, 2.75) is 49.4 Å². The highest BCUT2D eigenvalue weighted by molar-refractivity contribution is 7.91. The molecule has 5 nitrogen and oxygen atoms in total. The summed E-state index contributed by atoms with van der Waals surface area (Å²) in [6.07, 6.45) is 5.28. The Hall–Kier alpha value is -1.96. The summed E-state index contributed by atoms with van der Waals surface area (Å²) < 4.78 is 53.5. The topological polar surface area (TPSA) is 80.3 Å². The van der Waals surface area contributed by atoms with Crippen molar-refractivity contribution in [3.8, 4) is 0 Å². The van der Waals surface area contributed by atoms with E-state index in [1.165, 1.54) is 24.3 Å². The number of nitrogens with one attached hydrogen (secondary N) is 1. The van der Waals surface area contributed by atoms with Crippen LogP contribution in [0.5, 0.6) is 0 Å². The summed E-state index contributed by atoms with van der Waals surface area (Å²) in [5.74, 6) is 0.603. The Morgan fingerprint density at radius 1 is 0.867 bits per heavy atom. The van der Waals surface area contributed by atoms with E-state index in [0.29, 0.717) is 5.92 Å². The van der Waals surface area contributed by atoms with E-state index < -0.39 is 19.9 Å². The summed E-state index contributed by atoms with van der Waals surface area (Å²) >= 11 is 0. The van der Waals surface area contributed by atoms with Crippen LogP contribution in [0.25, 0.3) is 0 Å². The lowest BCUT2D eigenvalue weighted by Crippen LogP contribution is -2.23. The maximum absolute atomic E-state index is 12.9. The monoisotopic (exact) mass is 447 g/mol. The third-order valence-electron chi connectivity index (χ3n) is 5.59. The molecular formula is C23H29NO4S2. The molecule has 3 rings (SSSR count). The lowest BCUT2D eigenvalue weighted by molar-refractivity contribution is 0.547. The van der Waals surface area contributed by atoms with Crippen LogP contribution < -0.4 is 4.72 Å². The largest absolute Gasteiger partial charge is 0.240 e. The van der Waals surface area contributed by atoms with Crippen molar-refractivity contribution < 1.29 is 16.8 Å². The van der Waals surface area contributed by atoms with Crippen LogP contribution in [0.2, 0.25) is 0 Å². The molecule has 0 saturated heterocycles. The Morgan fingerprint density at radius 2 is 1.50 bits per heavy atom. The Balaban J connectivity index is 1.73. The standard InChI is InChI=1S/C23H29NO4S2/c1-18-7-6-8-19(2)21(15-18)17-29(25,26)22-11-13-23(14-12-22)30(27,28)24-16-20-9-4-3-5-10-20/h3-5,9-15,18-19,24H,6-8,16-17H2,1-2H3. The minimum atomic E-state index is -3.73. The van der Waals surface area contributed by atoms with Crippen molar-refractivity contribution in [2.24, 2.45) is 11.8 Å². The molecule has 2 atom stereocenters. The first kappa shape index (κ1) is 22.7. The third kappa shape index (κ3) is 5.80. The molecule has 0 fully saturated rings. The molecule has 7 heteroatoms. The highest BCUT2D eigenvalue weighted by atomic mass is 32.2. The quantitative estimate of drug-likeness (QED) is 0.641. The van der Waals surface area contributed by atoms with Crippen molar-refractivity contribution in [1.82, 2.24) is 4.72 Å². The minimum absolute atomic E-state index is 0.0170. The number of benzene rings is 2. The summed E-state index contributed by atoms with van der Waals surface area (Å²) in [7, 11) is -7.26. The molecular weight excluding hydrogens is 418 g/mol. The van der Waals surface area contributed by atoms with Gasteiger partial charge in [-0.1, -0.05) is 62.2 Å². The van der Waals surface area contributed by atoms with E-state index >= 15 is 0 Å². The molecule has 2 aromatic rings. The summed E-state index contributed by atoms with van der Waals surface area (Å²) in [4.78, 5) is 0.197. The van der Waals surface area contributed by atoms with E-state index in [2.05, 4.69) is 24.6 Å². The number of sulfone groups is 1. The lowest BCUT2D eigenvalue weighted by Gasteiger charge is -2.15. The second-order valence-electron chi connectivity index (χ2n) is 8.09. The maximum atomic E-state index is 12.9. The normalized spacial score (nSPS) is 20.4. The summed E-state index contributed by atoms with van der Waals surface area (Å²) in [6.45, 7) is 4.37. The van der Waals surface area contributed by atoms with Gasteiger partial charge >= 0.3 is 0 Å². The fourth-order valence-corrected chi connectivity index (χ4v) is 6.28. The average molecular weight is 448 g/mol. The van der Waals surface area contributed by atoms with Crippen molar-refractivity contribution in [2.75, 3.05) is 5.75 Å². The predicted molar refractivity (Wildman–Crippen MR) is 119 cm³/mol. The fraction of sp³-hybridized carbons (Fsp3) is 0.391. The van der Waals surface area contributed by atoms with E-state index in [-0.39, 0.29) is 28.0 Å². The maximum Gasteiger partial charge on any atom is 0.240 e. The molecule has 0 spiro atoms. The fourth-order valence-electron chi connectivity index (χ4n) is 3.72.